The minimum absolute atomic E-state index is 0.0854. The first-order valence-electron chi connectivity index (χ1n) is 9.92. The van der Waals surface area contributed by atoms with E-state index in [4.69, 9.17) is 16.3 Å². The van der Waals surface area contributed by atoms with Crippen LogP contribution in [0.5, 0.6) is 11.6 Å². The molecule has 0 bridgehead atoms. The van der Waals surface area contributed by atoms with Gasteiger partial charge in [0.1, 0.15) is 17.9 Å². The summed E-state index contributed by atoms with van der Waals surface area (Å²) < 4.78 is 5.82. The first kappa shape index (κ1) is 20.2. The zero-order valence-corrected chi connectivity index (χ0v) is 17.5. The van der Waals surface area contributed by atoms with E-state index in [0.29, 0.717) is 42.7 Å². The number of rotatable bonds is 5. The van der Waals surface area contributed by atoms with Crippen molar-refractivity contribution < 1.29 is 9.53 Å². The number of carbonyl (C=O) groups excluding carboxylic acids is 1. The molecule has 3 aromatic rings. The van der Waals surface area contributed by atoms with E-state index in [-0.39, 0.29) is 11.9 Å². The van der Waals surface area contributed by atoms with E-state index in [2.05, 4.69) is 21.8 Å². The second-order valence-corrected chi connectivity index (χ2v) is 7.75. The van der Waals surface area contributed by atoms with Crippen molar-refractivity contribution in [2.75, 3.05) is 24.5 Å². The molecular formula is C23H23ClN4O2. The summed E-state index contributed by atoms with van der Waals surface area (Å²) >= 11 is 6.02. The zero-order valence-electron chi connectivity index (χ0n) is 16.7. The number of piperazine rings is 1. The van der Waals surface area contributed by atoms with E-state index in [0.717, 1.165) is 11.4 Å². The molecular weight excluding hydrogens is 400 g/mol. The highest BCUT2D eigenvalue weighted by molar-refractivity contribution is 6.30. The van der Waals surface area contributed by atoms with Gasteiger partial charge >= 0.3 is 0 Å². The summed E-state index contributed by atoms with van der Waals surface area (Å²) in [4.78, 5) is 25.5. The first-order chi connectivity index (χ1) is 14.6. The third-order valence-electron chi connectivity index (χ3n) is 5.12. The molecule has 1 atom stereocenters. The summed E-state index contributed by atoms with van der Waals surface area (Å²) in [5.74, 6) is 2.01. The second-order valence-electron chi connectivity index (χ2n) is 7.32. The molecule has 154 valence electrons. The molecule has 6 nitrogen and oxygen atoms in total. The van der Waals surface area contributed by atoms with Gasteiger partial charge in [0.05, 0.1) is 6.42 Å². The van der Waals surface area contributed by atoms with Crippen LogP contribution >= 0.6 is 11.6 Å². The molecule has 1 aromatic heterocycles. The fraction of sp³-hybridized carbons (Fsp3) is 0.261. The Morgan fingerprint density at radius 3 is 2.70 bits per heavy atom. The SMILES string of the molecule is C[C@H]1CN(c2cc(Oc3cccc(Cl)c3)ncn2)CCN1C(=O)Cc1ccccc1. The van der Waals surface area contributed by atoms with E-state index in [9.17, 15) is 4.79 Å². The van der Waals surface area contributed by atoms with Crippen molar-refractivity contribution in [3.63, 3.8) is 0 Å². The number of nitrogens with zero attached hydrogens (tertiary/aromatic N) is 4. The molecule has 7 heteroatoms. The zero-order chi connectivity index (χ0) is 20.9. The lowest BCUT2D eigenvalue weighted by molar-refractivity contribution is -0.132. The fourth-order valence-corrected chi connectivity index (χ4v) is 3.80. The number of hydrogen-bond donors (Lipinski definition) is 0. The summed E-state index contributed by atoms with van der Waals surface area (Å²) in [6.45, 7) is 4.13. The Morgan fingerprint density at radius 2 is 1.93 bits per heavy atom. The minimum Gasteiger partial charge on any atom is -0.439 e. The number of hydrogen-bond acceptors (Lipinski definition) is 5. The summed E-state index contributed by atoms with van der Waals surface area (Å²) in [5, 5.41) is 0.604. The highest BCUT2D eigenvalue weighted by Gasteiger charge is 2.28. The molecule has 1 amide bonds. The summed E-state index contributed by atoms with van der Waals surface area (Å²) in [6, 6.07) is 18.9. The average molecular weight is 423 g/mol. The standard InChI is InChI=1S/C23H23ClN4O2/c1-17-15-27(10-11-28(17)23(29)12-18-6-3-2-4-7-18)21-14-22(26-16-25-21)30-20-9-5-8-19(24)13-20/h2-9,13-14,16-17H,10-12,15H2,1H3/t17-/m0/s1. The van der Waals surface area contributed by atoms with E-state index in [1.54, 1.807) is 12.1 Å². The maximum atomic E-state index is 12.8. The van der Waals surface area contributed by atoms with E-state index in [1.807, 2.05) is 53.4 Å². The predicted molar refractivity (Wildman–Crippen MR) is 117 cm³/mol. The van der Waals surface area contributed by atoms with Gasteiger partial charge in [-0.25, -0.2) is 9.97 Å². The molecule has 4 rings (SSSR count). The van der Waals surface area contributed by atoms with Crippen LogP contribution < -0.4 is 9.64 Å². The maximum absolute atomic E-state index is 12.8. The van der Waals surface area contributed by atoms with Gasteiger partial charge in [-0.15, -0.1) is 0 Å². The number of halogens is 1. The van der Waals surface area contributed by atoms with Gasteiger partial charge in [0.15, 0.2) is 0 Å². The first-order valence-corrected chi connectivity index (χ1v) is 10.3. The van der Waals surface area contributed by atoms with Crippen molar-refractivity contribution in [2.45, 2.75) is 19.4 Å². The van der Waals surface area contributed by atoms with Gasteiger partial charge in [-0.2, -0.15) is 0 Å². The third-order valence-corrected chi connectivity index (χ3v) is 5.35. The Balaban J connectivity index is 1.40. The third kappa shape index (κ3) is 4.89. The molecule has 1 saturated heterocycles. The number of carbonyl (C=O) groups is 1. The Kier molecular flexibility index (Phi) is 6.14. The topological polar surface area (TPSA) is 58.6 Å². The molecule has 2 aromatic carbocycles. The normalized spacial score (nSPS) is 16.4. The highest BCUT2D eigenvalue weighted by atomic mass is 35.5. The predicted octanol–water partition coefficient (Wildman–Crippen LogP) is 4.20. The molecule has 0 unspecified atom stereocenters. The fourth-order valence-electron chi connectivity index (χ4n) is 3.62. The Morgan fingerprint density at radius 1 is 1.10 bits per heavy atom. The number of anilines is 1. The molecule has 0 saturated carbocycles. The van der Waals surface area contributed by atoms with Gasteiger partial charge < -0.3 is 14.5 Å². The Bertz CT molecular complexity index is 1010. The number of aromatic nitrogens is 2. The van der Waals surface area contributed by atoms with Crippen molar-refractivity contribution in [2.24, 2.45) is 0 Å². The summed E-state index contributed by atoms with van der Waals surface area (Å²) in [6.07, 6.45) is 1.92. The second kappa shape index (κ2) is 9.13. The largest absolute Gasteiger partial charge is 0.439 e. The molecule has 0 spiro atoms. The van der Waals surface area contributed by atoms with Crippen LogP contribution in [-0.2, 0) is 11.2 Å². The van der Waals surface area contributed by atoms with Crippen molar-refractivity contribution >= 4 is 23.3 Å². The molecule has 30 heavy (non-hydrogen) atoms. The van der Waals surface area contributed by atoms with Crippen LogP contribution in [0.2, 0.25) is 5.02 Å². The van der Waals surface area contributed by atoms with Gasteiger partial charge in [-0.1, -0.05) is 48.0 Å². The van der Waals surface area contributed by atoms with Gasteiger partial charge in [0.25, 0.3) is 0 Å². The van der Waals surface area contributed by atoms with Crippen LogP contribution in [0.1, 0.15) is 12.5 Å². The lowest BCUT2D eigenvalue weighted by Gasteiger charge is -2.40. The molecule has 0 radical (unpaired) electrons. The van der Waals surface area contributed by atoms with Crippen molar-refractivity contribution in [1.82, 2.24) is 14.9 Å². The van der Waals surface area contributed by atoms with E-state index < -0.39 is 0 Å². The smallest absolute Gasteiger partial charge is 0.227 e. The quantitative estimate of drug-likeness (QED) is 0.616. The van der Waals surface area contributed by atoms with Gasteiger partial charge in [0.2, 0.25) is 11.8 Å². The summed E-state index contributed by atoms with van der Waals surface area (Å²) in [7, 11) is 0. The number of benzene rings is 2. The van der Waals surface area contributed by atoms with Crippen LogP contribution in [-0.4, -0.2) is 46.5 Å². The van der Waals surface area contributed by atoms with Crippen LogP contribution in [0, 0.1) is 0 Å². The van der Waals surface area contributed by atoms with Gasteiger partial charge in [-0.3, -0.25) is 4.79 Å². The van der Waals surface area contributed by atoms with Crippen molar-refractivity contribution in [1.29, 1.82) is 0 Å². The van der Waals surface area contributed by atoms with Gasteiger partial charge in [0, 0.05) is 36.8 Å². The lowest BCUT2D eigenvalue weighted by atomic mass is 10.1. The van der Waals surface area contributed by atoms with Crippen molar-refractivity contribution in [3.05, 3.63) is 77.6 Å². The molecule has 1 aliphatic rings. The molecule has 2 heterocycles. The molecule has 1 fully saturated rings. The average Bonchev–Trinajstić information content (AvgIpc) is 2.74. The maximum Gasteiger partial charge on any atom is 0.227 e. The van der Waals surface area contributed by atoms with Crippen LogP contribution in [0.4, 0.5) is 5.82 Å². The van der Waals surface area contributed by atoms with E-state index in [1.165, 1.54) is 6.33 Å². The van der Waals surface area contributed by atoms with Crippen LogP contribution in [0.25, 0.3) is 0 Å². The number of amides is 1. The van der Waals surface area contributed by atoms with Crippen molar-refractivity contribution in [3.8, 4) is 11.6 Å². The molecule has 1 aliphatic heterocycles. The highest BCUT2D eigenvalue weighted by Crippen LogP contribution is 2.25. The Labute approximate surface area is 181 Å². The summed E-state index contributed by atoms with van der Waals surface area (Å²) in [5.41, 5.74) is 1.04. The monoisotopic (exact) mass is 422 g/mol. The van der Waals surface area contributed by atoms with Gasteiger partial charge in [-0.05, 0) is 30.7 Å². The molecule has 0 aliphatic carbocycles. The lowest BCUT2D eigenvalue weighted by Crippen LogP contribution is -2.54. The Hall–Kier alpha value is -3.12. The van der Waals surface area contributed by atoms with E-state index >= 15 is 0 Å². The van der Waals surface area contributed by atoms with Crippen LogP contribution in [0.15, 0.2) is 67.0 Å². The molecule has 0 N–H and O–H groups in total. The number of ether oxygens (including phenoxy) is 1. The minimum atomic E-state index is 0.0854. The van der Waals surface area contributed by atoms with Crippen LogP contribution in [0.3, 0.4) is 0 Å².